The Morgan fingerprint density at radius 1 is 0.812 bits per heavy atom. The highest BCUT2D eigenvalue weighted by molar-refractivity contribution is 14.1. The highest BCUT2D eigenvalue weighted by atomic mass is 127. The predicted octanol–water partition coefficient (Wildman–Crippen LogP) is 6.59. The van der Waals surface area contributed by atoms with Crippen molar-refractivity contribution in [3.05, 3.63) is 96.6 Å². The van der Waals surface area contributed by atoms with Crippen LogP contribution in [0.25, 0.3) is 11.1 Å². The van der Waals surface area contributed by atoms with E-state index >= 15 is 0 Å². The molecule has 3 aromatic rings. The second-order valence-electron chi connectivity index (χ2n) is 7.69. The standard InChI is InChI=1S/C25H19I2NO3S/c1-16-10-12-17(13-11-16)32(29,30)28-14-20(26)24(18-6-2-4-8-22(18)28)25-19-7-3-5-9-23(19)31-15-21(25)27/h2-13H,14-15H2,1H3. The van der Waals surface area contributed by atoms with Crippen LogP contribution in [0.4, 0.5) is 5.69 Å². The van der Waals surface area contributed by atoms with Crippen molar-refractivity contribution in [2.24, 2.45) is 0 Å². The minimum absolute atomic E-state index is 0.291. The summed E-state index contributed by atoms with van der Waals surface area (Å²) in [6.07, 6.45) is 0. The maximum Gasteiger partial charge on any atom is 0.264 e. The second kappa shape index (κ2) is 8.49. The van der Waals surface area contributed by atoms with E-state index in [1.165, 1.54) is 4.31 Å². The lowest BCUT2D eigenvalue weighted by atomic mass is 9.88. The zero-order chi connectivity index (χ0) is 22.5. The maximum absolute atomic E-state index is 13.6. The van der Waals surface area contributed by atoms with Crippen molar-refractivity contribution in [3.8, 4) is 5.75 Å². The van der Waals surface area contributed by atoms with Crippen LogP contribution in [0, 0.1) is 6.92 Å². The molecule has 0 atom stereocenters. The van der Waals surface area contributed by atoms with Crippen LogP contribution in [0.15, 0.2) is 84.9 Å². The van der Waals surface area contributed by atoms with Gasteiger partial charge in [0.1, 0.15) is 12.4 Å². The van der Waals surface area contributed by atoms with Gasteiger partial charge >= 0.3 is 0 Å². The van der Waals surface area contributed by atoms with Gasteiger partial charge in [0.25, 0.3) is 10.0 Å². The average molecular weight is 667 g/mol. The van der Waals surface area contributed by atoms with Gasteiger partial charge in [-0.05, 0) is 76.4 Å². The summed E-state index contributed by atoms with van der Waals surface area (Å²) in [5, 5.41) is 0. The molecule has 0 aromatic heterocycles. The maximum atomic E-state index is 13.6. The number of sulfonamides is 1. The third kappa shape index (κ3) is 3.67. The number of para-hydroxylation sites is 2. The Morgan fingerprint density at radius 2 is 1.44 bits per heavy atom. The molecule has 0 radical (unpaired) electrons. The van der Waals surface area contributed by atoms with E-state index in [-0.39, 0.29) is 0 Å². The van der Waals surface area contributed by atoms with Gasteiger partial charge in [0.05, 0.1) is 17.1 Å². The number of ether oxygens (including phenoxy) is 1. The molecule has 162 valence electrons. The van der Waals surface area contributed by atoms with Crippen LogP contribution in [-0.4, -0.2) is 21.6 Å². The zero-order valence-corrected chi connectivity index (χ0v) is 22.3. The van der Waals surface area contributed by atoms with Gasteiger partial charge in [-0.25, -0.2) is 8.42 Å². The summed E-state index contributed by atoms with van der Waals surface area (Å²) < 4.78 is 36.8. The Labute approximate surface area is 215 Å². The molecule has 0 bridgehead atoms. The number of benzene rings is 3. The van der Waals surface area contributed by atoms with Gasteiger partial charge in [-0.3, -0.25) is 4.31 Å². The second-order valence-corrected chi connectivity index (χ2v) is 12.2. The molecule has 0 aliphatic carbocycles. The molecule has 3 aromatic carbocycles. The fraction of sp³-hybridized carbons (Fsp3) is 0.120. The first kappa shape index (κ1) is 22.0. The monoisotopic (exact) mass is 667 g/mol. The Hall–Kier alpha value is -1.85. The van der Waals surface area contributed by atoms with Crippen LogP contribution in [-0.2, 0) is 10.0 Å². The highest BCUT2D eigenvalue weighted by Gasteiger charge is 2.35. The molecule has 0 unspecified atom stereocenters. The topological polar surface area (TPSA) is 46.6 Å². The summed E-state index contributed by atoms with van der Waals surface area (Å²) >= 11 is 4.65. The zero-order valence-electron chi connectivity index (χ0n) is 17.2. The minimum Gasteiger partial charge on any atom is -0.488 e. The van der Waals surface area contributed by atoms with E-state index in [2.05, 4.69) is 51.2 Å². The van der Waals surface area contributed by atoms with E-state index in [1.807, 2.05) is 61.5 Å². The molecule has 0 saturated heterocycles. The van der Waals surface area contributed by atoms with Crippen molar-refractivity contribution in [1.29, 1.82) is 0 Å². The van der Waals surface area contributed by atoms with Gasteiger partial charge in [0, 0.05) is 29.4 Å². The van der Waals surface area contributed by atoms with Crippen molar-refractivity contribution in [1.82, 2.24) is 0 Å². The lowest BCUT2D eigenvalue weighted by Gasteiger charge is -2.34. The van der Waals surface area contributed by atoms with Gasteiger partial charge in [-0.15, -0.1) is 0 Å². The first-order valence-electron chi connectivity index (χ1n) is 10.1. The van der Waals surface area contributed by atoms with E-state index in [0.717, 1.165) is 40.7 Å². The molecule has 4 nitrogen and oxygen atoms in total. The Bertz CT molecular complexity index is 1390. The first-order chi connectivity index (χ1) is 15.4. The molecule has 2 aliphatic heterocycles. The molecule has 0 spiro atoms. The molecule has 2 heterocycles. The fourth-order valence-electron chi connectivity index (χ4n) is 4.09. The number of halogens is 2. The molecule has 0 fully saturated rings. The Balaban J connectivity index is 1.69. The van der Waals surface area contributed by atoms with E-state index in [0.29, 0.717) is 23.7 Å². The summed E-state index contributed by atoms with van der Waals surface area (Å²) in [6, 6.07) is 22.8. The molecular formula is C25H19I2NO3S. The lowest BCUT2D eigenvalue weighted by Crippen LogP contribution is -2.35. The normalized spacial score (nSPS) is 15.9. The number of fused-ring (bicyclic) bond motifs is 2. The Kier molecular flexibility index (Phi) is 5.83. The van der Waals surface area contributed by atoms with Crippen molar-refractivity contribution < 1.29 is 13.2 Å². The summed E-state index contributed by atoms with van der Waals surface area (Å²) in [6.45, 7) is 2.75. The van der Waals surface area contributed by atoms with Gasteiger partial charge < -0.3 is 4.74 Å². The lowest BCUT2D eigenvalue weighted by molar-refractivity contribution is 0.356. The number of hydrogen-bond acceptors (Lipinski definition) is 3. The highest BCUT2D eigenvalue weighted by Crippen LogP contribution is 2.50. The van der Waals surface area contributed by atoms with Crippen LogP contribution in [0.2, 0.25) is 0 Å². The summed E-state index contributed by atoms with van der Waals surface area (Å²) in [5.74, 6) is 0.854. The van der Waals surface area contributed by atoms with Crippen LogP contribution < -0.4 is 9.04 Å². The summed E-state index contributed by atoms with van der Waals surface area (Å²) in [7, 11) is -3.70. The van der Waals surface area contributed by atoms with Gasteiger partial charge in [-0.2, -0.15) is 0 Å². The molecular weight excluding hydrogens is 648 g/mol. The number of allylic oxidation sites excluding steroid dienone is 2. The van der Waals surface area contributed by atoms with Gasteiger partial charge in [0.15, 0.2) is 0 Å². The molecule has 7 heteroatoms. The molecule has 0 saturated carbocycles. The third-order valence-electron chi connectivity index (χ3n) is 5.64. The van der Waals surface area contributed by atoms with E-state index in [1.54, 1.807) is 12.1 Å². The summed E-state index contributed by atoms with van der Waals surface area (Å²) in [5.41, 5.74) is 5.88. The SMILES string of the molecule is Cc1ccc(S(=O)(=O)N2CC(I)=C(C3=C(I)COc4ccccc43)c3ccccc32)cc1. The largest absolute Gasteiger partial charge is 0.488 e. The molecule has 0 amide bonds. The number of rotatable bonds is 3. The molecule has 5 rings (SSSR count). The van der Waals surface area contributed by atoms with Crippen LogP contribution in [0.3, 0.4) is 0 Å². The van der Waals surface area contributed by atoms with Crippen molar-refractivity contribution in [3.63, 3.8) is 0 Å². The van der Waals surface area contributed by atoms with Crippen molar-refractivity contribution >= 4 is 72.0 Å². The minimum atomic E-state index is -3.70. The number of anilines is 1. The number of aryl methyl sites for hydroxylation is 1. The number of nitrogens with zero attached hydrogens (tertiary/aromatic N) is 1. The van der Waals surface area contributed by atoms with Crippen molar-refractivity contribution in [2.75, 3.05) is 17.5 Å². The molecule has 0 N–H and O–H groups in total. The van der Waals surface area contributed by atoms with Gasteiger partial charge in [0.2, 0.25) is 0 Å². The predicted molar refractivity (Wildman–Crippen MR) is 146 cm³/mol. The van der Waals surface area contributed by atoms with Gasteiger partial charge in [-0.1, -0.05) is 54.1 Å². The Morgan fingerprint density at radius 3 is 2.19 bits per heavy atom. The first-order valence-corrected chi connectivity index (χ1v) is 13.7. The number of hydrogen-bond donors (Lipinski definition) is 0. The average Bonchev–Trinajstić information content (AvgIpc) is 2.79. The molecule has 2 aliphatic rings. The van der Waals surface area contributed by atoms with Crippen molar-refractivity contribution in [2.45, 2.75) is 11.8 Å². The van der Waals surface area contributed by atoms with E-state index < -0.39 is 10.0 Å². The quantitative estimate of drug-likeness (QED) is 0.297. The van der Waals surface area contributed by atoms with Crippen LogP contribution in [0.1, 0.15) is 16.7 Å². The smallest absolute Gasteiger partial charge is 0.264 e. The van der Waals surface area contributed by atoms with E-state index in [4.69, 9.17) is 4.74 Å². The molecule has 32 heavy (non-hydrogen) atoms. The fourth-order valence-corrected chi connectivity index (χ4v) is 7.39. The third-order valence-corrected chi connectivity index (χ3v) is 9.14. The van der Waals surface area contributed by atoms with Crippen LogP contribution >= 0.6 is 45.2 Å². The van der Waals surface area contributed by atoms with Crippen LogP contribution in [0.5, 0.6) is 5.75 Å². The summed E-state index contributed by atoms with van der Waals surface area (Å²) in [4.78, 5) is 0.302. The van der Waals surface area contributed by atoms with E-state index in [9.17, 15) is 8.42 Å².